The van der Waals surface area contributed by atoms with E-state index in [0.717, 1.165) is 12.0 Å². The first kappa shape index (κ1) is 10.2. The number of hydrogen-bond donors (Lipinski definition) is 1. The van der Waals surface area contributed by atoms with Gasteiger partial charge in [-0.1, -0.05) is 27.2 Å². The van der Waals surface area contributed by atoms with Gasteiger partial charge in [0.05, 0.1) is 0 Å². The van der Waals surface area contributed by atoms with Crippen LogP contribution in [0.2, 0.25) is 5.54 Å². The van der Waals surface area contributed by atoms with Crippen molar-refractivity contribution in [1.29, 1.82) is 0 Å². The fraction of sp³-hybridized carbons (Fsp3) is 1.00. The molecule has 0 rings (SSSR count). The van der Waals surface area contributed by atoms with Crippen molar-refractivity contribution in [3.63, 3.8) is 0 Å². The van der Waals surface area contributed by atoms with Crippen LogP contribution in [0.4, 0.5) is 0 Å². The molecule has 10 heavy (non-hydrogen) atoms. The second-order valence-corrected chi connectivity index (χ2v) is 5.53. The van der Waals surface area contributed by atoms with E-state index in [4.69, 9.17) is 5.11 Å². The molecule has 0 bridgehead atoms. The molecule has 0 aromatic carbocycles. The average Bonchev–Trinajstić information content (AvgIpc) is 1.80. The summed E-state index contributed by atoms with van der Waals surface area (Å²) in [6.45, 7) is 7.20. The lowest BCUT2D eigenvalue weighted by Crippen LogP contribution is -2.15. The molecule has 0 spiro atoms. The highest BCUT2D eigenvalue weighted by Crippen LogP contribution is 2.31. The largest absolute Gasteiger partial charge is 0.396 e. The van der Waals surface area contributed by atoms with Gasteiger partial charge in [-0.25, -0.2) is 0 Å². The van der Waals surface area contributed by atoms with Gasteiger partial charge in [0.15, 0.2) is 0 Å². The van der Waals surface area contributed by atoms with E-state index in [1.807, 2.05) is 0 Å². The second kappa shape index (κ2) is 4.14. The van der Waals surface area contributed by atoms with Gasteiger partial charge in [-0.2, -0.15) is 0 Å². The van der Waals surface area contributed by atoms with Crippen molar-refractivity contribution in [3.8, 4) is 0 Å². The van der Waals surface area contributed by atoms with Gasteiger partial charge in [-0.05, 0) is 17.4 Å². The molecule has 0 aromatic heterocycles. The monoisotopic (exact) mass is 160 g/mol. The maximum absolute atomic E-state index is 8.60. The van der Waals surface area contributed by atoms with Crippen LogP contribution in [0.5, 0.6) is 0 Å². The Kier molecular flexibility index (Phi) is 4.21. The molecule has 2 heteroatoms. The molecule has 0 aliphatic rings. The molecule has 0 heterocycles. The molecule has 0 saturated carbocycles. The summed E-state index contributed by atoms with van der Waals surface area (Å²) >= 11 is 0. The fourth-order valence-corrected chi connectivity index (χ4v) is 1.24. The van der Waals surface area contributed by atoms with Crippen LogP contribution in [0.15, 0.2) is 0 Å². The third-order valence-corrected chi connectivity index (χ3v) is 4.58. The lowest BCUT2D eigenvalue weighted by atomic mass is 9.89. The van der Waals surface area contributed by atoms with Crippen molar-refractivity contribution in [3.05, 3.63) is 0 Å². The molecular formula is C8H20OSi. The van der Waals surface area contributed by atoms with Gasteiger partial charge in [0.25, 0.3) is 0 Å². The molecule has 0 aromatic rings. The van der Waals surface area contributed by atoms with Crippen LogP contribution in [-0.4, -0.2) is 22.0 Å². The number of hydrogen-bond acceptors (Lipinski definition) is 1. The van der Waals surface area contributed by atoms with Crippen molar-refractivity contribution in [1.82, 2.24) is 0 Å². The topological polar surface area (TPSA) is 20.2 Å². The predicted molar refractivity (Wildman–Crippen MR) is 49.5 cm³/mol. The summed E-state index contributed by atoms with van der Waals surface area (Å²) in [7, 11) is 1.25. The van der Waals surface area contributed by atoms with Crippen LogP contribution in [0.25, 0.3) is 0 Å². The quantitative estimate of drug-likeness (QED) is 0.610. The first-order valence-corrected chi connectivity index (χ1v) is 5.25. The minimum Gasteiger partial charge on any atom is -0.396 e. The highest BCUT2D eigenvalue weighted by molar-refractivity contribution is 6.12. The van der Waals surface area contributed by atoms with Crippen LogP contribution >= 0.6 is 0 Å². The summed E-state index contributed by atoms with van der Waals surface area (Å²) in [5, 5.41) is 8.60. The lowest BCUT2D eigenvalue weighted by Gasteiger charge is -2.26. The maximum Gasteiger partial charge on any atom is 0.0431 e. The molecule has 0 fully saturated rings. The van der Waals surface area contributed by atoms with Gasteiger partial charge in [0.1, 0.15) is 0 Å². The third-order valence-electron chi connectivity index (χ3n) is 2.27. The normalized spacial score (nSPS) is 15.6. The Bertz CT molecular complexity index is 85.7. The molecule has 0 amide bonds. The van der Waals surface area contributed by atoms with Gasteiger partial charge in [0, 0.05) is 16.8 Å². The zero-order valence-corrected chi connectivity index (χ0v) is 9.65. The predicted octanol–water partition coefficient (Wildman–Crippen LogP) is 0.959. The molecule has 1 atom stereocenters. The number of rotatable bonds is 3. The van der Waals surface area contributed by atoms with Crippen molar-refractivity contribution in [2.45, 2.75) is 39.2 Å². The first-order chi connectivity index (χ1) is 4.48. The van der Waals surface area contributed by atoms with Gasteiger partial charge in [0.2, 0.25) is 0 Å². The summed E-state index contributed by atoms with van der Waals surface area (Å²) in [6, 6.07) is 0. The van der Waals surface area contributed by atoms with E-state index in [2.05, 4.69) is 20.8 Å². The van der Waals surface area contributed by atoms with Gasteiger partial charge >= 0.3 is 0 Å². The zero-order valence-electron chi connectivity index (χ0n) is 7.65. The summed E-state index contributed by atoms with van der Waals surface area (Å²) in [5.41, 5.74) is 1.31. The Morgan fingerprint density at radius 3 is 2.20 bits per heavy atom. The van der Waals surface area contributed by atoms with E-state index in [0.29, 0.717) is 12.0 Å². The van der Waals surface area contributed by atoms with Crippen LogP contribution in [0.1, 0.15) is 33.6 Å². The second-order valence-electron chi connectivity index (χ2n) is 4.13. The number of aliphatic hydroxyl groups excluding tert-OH is 1. The lowest BCUT2D eigenvalue weighted by molar-refractivity contribution is 0.268. The molecule has 0 aliphatic carbocycles. The fourth-order valence-electron chi connectivity index (χ4n) is 0.830. The molecule has 1 N–H and O–H groups in total. The molecule has 0 aliphatic heterocycles. The average molecular weight is 160 g/mol. The molecule has 1 nitrogen and oxygen atoms in total. The van der Waals surface area contributed by atoms with Gasteiger partial charge in [-0.3, -0.25) is 0 Å². The Hall–Kier alpha value is 0.177. The van der Waals surface area contributed by atoms with E-state index in [1.54, 1.807) is 0 Å². The highest BCUT2D eigenvalue weighted by atomic mass is 28.1. The van der Waals surface area contributed by atoms with E-state index in [1.165, 1.54) is 16.7 Å². The Balaban J connectivity index is 3.52. The summed E-state index contributed by atoms with van der Waals surface area (Å²) in [5.74, 6) is 0. The summed E-state index contributed by atoms with van der Waals surface area (Å²) in [4.78, 5) is 0. The van der Waals surface area contributed by atoms with Crippen LogP contribution in [0, 0.1) is 5.41 Å². The number of aliphatic hydroxyl groups is 1. The van der Waals surface area contributed by atoms with Crippen molar-refractivity contribution in [2.24, 2.45) is 5.41 Å². The highest BCUT2D eigenvalue weighted by Gasteiger charge is 2.18. The van der Waals surface area contributed by atoms with Crippen LogP contribution in [0.3, 0.4) is 0 Å². The Labute approximate surface area is 67.3 Å². The first-order valence-electron chi connectivity index (χ1n) is 4.09. The molecule has 0 radical (unpaired) electrons. The zero-order chi connectivity index (χ0) is 8.20. The van der Waals surface area contributed by atoms with Crippen molar-refractivity contribution in [2.75, 3.05) is 6.61 Å². The van der Waals surface area contributed by atoms with E-state index < -0.39 is 0 Å². The van der Waals surface area contributed by atoms with E-state index in [-0.39, 0.29) is 0 Å². The molecule has 1 unspecified atom stereocenters. The van der Waals surface area contributed by atoms with Crippen molar-refractivity contribution >= 4 is 10.2 Å². The molecular weight excluding hydrogens is 140 g/mol. The van der Waals surface area contributed by atoms with Gasteiger partial charge in [-0.15, -0.1) is 0 Å². The summed E-state index contributed by atoms with van der Waals surface area (Å²) < 4.78 is 0. The standard InChI is InChI=1S/C8H20OSi/c1-8(2,3)7(10)5-4-6-9/h7,9H,4-6H2,1-3,10H3. The van der Waals surface area contributed by atoms with Crippen molar-refractivity contribution < 1.29 is 5.11 Å². The summed E-state index contributed by atoms with van der Waals surface area (Å²) in [6.07, 6.45) is 2.18. The van der Waals surface area contributed by atoms with Crippen LogP contribution in [-0.2, 0) is 0 Å². The Morgan fingerprint density at radius 2 is 1.90 bits per heavy atom. The molecule has 0 saturated heterocycles. The minimum absolute atomic E-state index is 0.356. The van der Waals surface area contributed by atoms with Crippen LogP contribution < -0.4 is 0 Å². The van der Waals surface area contributed by atoms with E-state index >= 15 is 0 Å². The smallest absolute Gasteiger partial charge is 0.0431 e. The van der Waals surface area contributed by atoms with E-state index in [9.17, 15) is 0 Å². The third kappa shape index (κ3) is 4.07. The minimum atomic E-state index is 0.356. The molecule has 62 valence electrons. The Morgan fingerprint density at radius 1 is 1.40 bits per heavy atom. The SMILES string of the molecule is CC(C)(C)C([SiH3])CCCO. The maximum atomic E-state index is 8.60. The van der Waals surface area contributed by atoms with Gasteiger partial charge < -0.3 is 5.11 Å².